The van der Waals surface area contributed by atoms with E-state index in [2.05, 4.69) is 15.5 Å². The van der Waals surface area contributed by atoms with Crippen LogP contribution in [-0.4, -0.2) is 33.2 Å². The summed E-state index contributed by atoms with van der Waals surface area (Å²) in [6, 6.07) is 12.1. The number of aromatic nitrogens is 2. The second kappa shape index (κ2) is 9.70. The van der Waals surface area contributed by atoms with E-state index in [4.69, 9.17) is 4.74 Å². The van der Waals surface area contributed by atoms with Crippen molar-refractivity contribution in [3.8, 4) is 5.75 Å². The Bertz CT molecular complexity index is 1100. The number of para-hydroxylation sites is 1. The van der Waals surface area contributed by atoms with Crippen molar-refractivity contribution in [2.45, 2.75) is 17.0 Å². The predicted octanol–water partition coefficient (Wildman–Crippen LogP) is 3.32. The number of nitro groups is 1. The number of nitro benzene ring substituents is 1. The molecule has 0 unspecified atom stereocenters. The fraction of sp³-hybridized carbons (Fsp3) is 0.150. The minimum Gasteiger partial charge on any atom is -0.483 e. The van der Waals surface area contributed by atoms with Gasteiger partial charge in [-0.05, 0) is 36.4 Å². The zero-order valence-electron chi connectivity index (χ0n) is 16.3. The standard InChI is InChI=1S/C20H19N5O4S/c1-14-5-3-4-6-17(14)29-13-19(26)23-22-12-15-7-8-18(16(11-15)25(27)28)30-20-21-9-10-24(20)2/h3-12H,13H2,1-2H3,(H,23,26)/b22-12-. The fourth-order valence-corrected chi connectivity index (χ4v) is 3.35. The molecule has 1 N–H and O–H groups in total. The highest BCUT2D eigenvalue weighted by Crippen LogP contribution is 2.34. The molecule has 0 radical (unpaired) electrons. The molecule has 0 atom stereocenters. The summed E-state index contributed by atoms with van der Waals surface area (Å²) in [4.78, 5) is 27.5. The molecule has 1 amide bonds. The van der Waals surface area contributed by atoms with Crippen LogP contribution in [0.15, 0.2) is 70.0 Å². The highest BCUT2D eigenvalue weighted by Gasteiger charge is 2.17. The number of imidazole rings is 1. The molecule has 154 valence electrons. The molecule has 3 rings (SSSR count). The fourth-order valence-electron chi connectivity index (χ4n) is 2.47. The first-order valence-electron chi connectivity index (χ1n) is 8.88. The van der Waals surface area contributed by atoms with Crippen molar-refractivity contribution in [2.75, 3.05) is 6.61 Å². The van der Waals surface area contributed by atoms with Gasteiger partial charge in [-0.15, -0.1) is 0 Å². The van der Waals surface area contributed by atoms with Crippen molar-refractivity contribution in [2.24, 2.45) is 12.1 Å². The molecule has 3 aromatic rings. The first-order chi connectivity index (χ1) is 14.4. The van der Waals surface area contributed by atoms with Gasteiger partial charge in [-0.2, -0.15) is 5.10 Å². The lowest BCUT2D eigenvalue weighted by molar-refractivity contribution is -0.387. The Kier molecular flexibility index (Phi) is 6.81. The van der Waals surface area contributed by atoms with Gasteiger partial charge in [0.1, 0.15) is 5.75 Å². The third kappa shape index (κ3) is 5.45. The van der Waals surface area contributed by atoms with E-state index in [-0.39, 0.29) is 12.3 Å². The number of hydrogen-bond acceptors (Lipinski definition) is 7. The van der Waals surface area contributed by atoms with Gasteiger partial charge in [-0.3, -0.25) is 14.9 Å². The average molecular weight is 425 g/mol. The second-order valence-corrected chi connectivity index (χ2v) is 7.26. The topological polar surface area (TPSA) is 112 Å². The van der Waals surface area contributed by atoms with Crippen molar-refractivity contribution in [1.82, 2.24) is 15.0 Å². The van der Waals surface area contributed by atoms with Crippen LogP contribution in [0.5, 0.6) is 5.75 Å². The molecule has 0 aliphatic rings. The SMILES string of the molecule is Cc1ccccc1OCC(=O)N/N=C\c1ccc(Sc2nccn2C)c([N+](=O)[O-])c1. The van der Waals surface area contributed by atoms with Crippen molar-refractivity contribution >= 4 is 29.6 Å². The van der Waals surface area contributed by atoms with E-state index in [0.29, 0.717) is 21.4 Å². The summed E-state index contributed by atoms with van der Waals surface area (Å²) in [6.07, 6.45) is 4.73. The van der Waals surface area contributed by atoms with Crippen LogP contribution >= 0.6 is 11.8 Å². The van der Waals surface area contributed by atoms with Crippen LogP contribution in [0.25, 0.3) is 0 Å². The van der Waals surface area contributed by atoms with Gasteiger partial charge in [-0.1, -0.05) is 24.3 Å². The molecule has 9 nitrogen and oxygen atoms in total. The van der Waals surface area contributed by atoms with Gasteiger partial charge >= 0.3 is 0 Å². The molecular weight excluding hydrogens is 406 g/mol. The van der Waals surface area contributed by atoms with E-state index >= 15 is 0 Å². The summed E-state index contributed by atoms with van der Waals surface area (Å²) in [5, 5.41) is 15.9. The van der Waals surface area contributed by atoms with Crippen molar-refractivity contribution in [3.05, 3.63) is 76.1 Å². The number of hydrogen-bond donors (Lipinski definition) is 1. The van der Waals surface area contributed by atoms with E-state index in [0.717, 1.165) is 5.56 Å². The molecule has 0 saturated heterocycles. The number of benzene rings is 2. The van der Waals surface area contributed by atoms with Gasteiger partial charge in [0.2, 0.25) is 0 Å². The van der Waals surface area contributed by atoms with Crippen LogP contribution < -0.4 is 10.2 Å². The van der Waals surface area contributed by atoms with Crippen molar-refractivity contribution < 1.29 is 14.5 Å². The highest BCUT2D eigenvalue weighted by atomic mass is 32.2. The van der Waals surface area contributed by atoms with Gasteiger partial charge in [0.05, 0.1) is 16.0 Å². The summed E-state index contributed by atoms with van der Waals surface area (Å²) in [7, 11) is 1.81. The molecule has 10 heteroatoms. The normalized spacial score (nSPS) is 10.9. The number of aryl methyl sites for hydroxylation is 2. The van der Waals surface area contributed by atoms with Crippen LogP contribution in [0, 0.1) is 17.0 Å². The van der Waals surface area contributed by atoms with Crippen LogP contribution in [0.4, 0.5) is 5.69 Å². The largest absolute Gasteiger partial charge is 0.483 e. The molecule has 1 aromatic heterocycles. The van der Waals surface area contributed by atoms with Crippen LogP contribution in [-0.2, 0) is 11.8 Å². The van der Waals surface area contributed by atoms with E-state index in [1.165, 1.54) is 24.0 Å². The van der Waals surface area contributed by atoms with Gasteiger partial charge in [-0.25, -0.2) is 10.4 Å². The summed E-state index contributed by atoms with van der Waals surface area (Å²) < 4.78 is 7.22. The first kappa shape index (κ1) is 21.1. The number of ether oxygens (including phenoxy) is 1. The van der Waals surface area contributed by atoms with Gasteiger partial charge in [0, 0.05) is 31.1 Å². The second-order valence-electron chi connectivity index (χ2n) is 6.25. The summed E-state index contributed by atoms with van der Waals surface area (Å²) in [6.45, 7) is 1.69. The molecule has 1 heterocycles. The third-order valence-electron chi connectivity index (χ3n) is 4.01. The molecule has 0 fully saturated rings. The predicted molar refractivity (Wildman–Crippen MR) is 113 cm³/mol. The Morgan fingerprint density at radius 1 is 1.37 bits per heavy atom. The number of nitrogens with one attached hydrogen (secondary N) is 1. The lowest BCUT2D eigenvalue weighted by Gasteiger charge is -2.07. The third-order valence-corrected chi connectivity index (χ3v) is 5.15. The lowest BCUT2D eigenvalue weighted by Crippen LogP contribution is -2.24. The highest BCUT2D eigenvalue weighted by molar-refractivity contribution is 7.99. The molecular formula is C20H19N5O4S. The monoisotopic (exact) mass is 425 g/mol. The smallest absolute Gasteiger partial charge is 0.283 e. The Morgan fingerprint density at radius 2 is 2.17 bits per heavy atom. The zero-order chi connectivity index (χ0) is 21.5. The number of hydrazone groups is 1. The van der Waals surface area contributed by atoms with Gasteiger partial charge in [0.25, 0.3) is 11.6 Å². The lowest BCUT2D eigenvalue weighted by atomic mass is 10.2. The zero-order valence-corrected chi connectivity index (χ0v) is 17.1. The summed E-state index contributed by atoms with van der Waals surface area (Å²) in [5.74, 6) is 0.180. The Hall–Kier alpha value is -3.66. The van der Waals surface area contributed by atoms with Crippen LogP contribution in [0.3, 0.4) is 0 Å². The molecule has 0 aliphatic carbocycles. The van der Waals surface area contributed by atoms with Gasteiger partial charge < -0.3 is 9.30 Å². The van der Waals surface area contributed by atoms with Crippen molar-refractivity contribution in [3.63, 3.8) is 0 Å². The number of nitrogens with zero attached hydrogens (tertiary/aromatic N) is 4. The summed E-state index contributed by atoms with van der Waals surface area (Å²) >= 11 is 1.20. The maximum atomic E-state index is 11.9. The summed E-state index contributed by atoms with van der Waals surface area (Å²) in [5.41, 5.74) is 3.68. The Morgan fingerprint density at radius 3 is 2.87 bits per heavy atom. The quantitative estimate of drug-likeness (QED) is 0.337. The number of amides is 1. The van der Waals surface area contributed by atoms with E-state index in [1.807, 2.05) is 32.2 Å². The van der Waals surface area contributed by atoms with E-state index in [9.17, 15) is 14.9 Å². The first-order valence-corrected chi connectivity index (χ1v) is 9.69. The maximum absolute atomic E-state index is 11.9. The minimum atomic E-state index is -0.461. The molecule has 0 saturated carbocycles. The molecule has 2 aromatic carbocycles. The number of carbonyl (C=O) groups is 1. The average Bonchev–Trinajstić information content (AvgIpc) is 3.12. The van der Waals surface area contributed by atoms with Crippen LogP contribution in [0.2, 0.25) is 0 Å². The number of rotatable bonds is 8. The van der Waals surface area contributed by atoms with E-state index in [1.54, 1.807) is 35.2 Å². The molecule has 0 bridgehead atoms. The molecule has 30 heavy (non-hydrogen) atoms. The number of carbonyl (C=O) groups excluding carboxylic acids is 1. The molecule has 0 spiro atoms. The van der Waals surface area contributed by atoms with Crippen molar-refractivity contribution in [1.29, 1.82) is 0 Å². The van der Waals surface area contributed by atoms with Gasteiger partial charge in [0.15, 0.2) is 11.8 Å². The Balaban J connectivity index is 1.61. The minimum absolute atomic E-state index is 0.0684. The molecule has 0 aliphatic heterocycles. The van der Waals surface area contributed by atoms with E-state index < -0.39 is 10.8 Å². The Labute approximate surface area is 176 Å². The van der Waals surface area contributed by atoms with Crippen LogP contribution in [0.1, 0.15) is 11.1 Å². The maximum Gasteiger partial charge on any atom is 0.283 e.